The van der Waals surface area contributed by atoms with Gasteiger partial charge in [-0.15, -0.1) is 0 Å². The fourth-order valence-corrected chi connectivity index (χ4v) is 2.47. The van der Waals surface area contributed by atoms with Gasteiger partial charge in [0.25, 0.3) is 5.91 Å². The van der Waals surface area contributed by atoms with Gasteiger partial charge in [0.2, 0.25) is 0 Å². The highest BCUT2D eigenvalue weighted by Crippen LogP contribution is 2.32. The molecule has 0 spiro atoms. The van der Waals surface area contributed by atoms with E-state index in [1.54, 1.807) is 24.0 Å². The second-order valence-corrected chi connectivity index (χ2v) is 5.21. The van der Waals surface area contributed by atoms with Crippen molar-refractivity contribution in [1.82, 2.24) is 10.1 Å². The van der Waals surface area contributed by atoms with Crippen molar-refractivity contribution in [2.45, 2.75) is 13.0 Å². The minimum Gasteiger partial charge on any atom is -0.389 e. The van der Waals surface area contributed by atoms with Crippen molar-refractivity contribution in [1.29, 1.82) is 0 Å². The lowest BCUT2D eigenvalue weighted by atomic mass is 10.0. The zero-order valence-electron chi connectivity index (χ0n) is 10.8. The lowest BCUT2D eigenvalue weighted by molar-refractivity contribution is 0.00582. The van der Waals surface area contributed by atoms with Crippen LogP contribution in [0.4, 0.5) is 0 Å². The monoisotopic (exact) mass is 292 g/mol. The summed E-state index contributed by atoms with van der Waals surface area (Å²) in [5.41, 5.74) is 1.51. The van der Waals surface area contributed by atoms with E-state index < -0.39 is 6.10 Å². The Morgan fingerprint density at radius 1 is 1.45 bits per heavy atom. The van der Waals surface area contributed by atoms with Crippen molar-refractivity contribution in [3.8, 4) is 11.3 Å². The molecule has 104 valence electrons. The summed E-state index contributed by atoms with van der Waals surface area (Å²) in [6.07, 6.45) is -0.442. The maximum atomic E-state index is 12.4. The summed E-state index contributed by atoms with van der Waals surface area (Å²) in [5, 5.41) is 13.8. The van der Waals surface area contributed by atoms with E-state index in [9.17, 15) is 9.90 Å². The molecule has 0 saturated carbocycles. The fourth-order valence-electron chi connectivity index (χ4n) is 2.24. The lowest BCUT2D eigenvalue weighted by Gasteiger charge is -2.35. The molecule has 1 aliphatic heterocycles. The van der Waals surface area contributed by atoms with Crippen LogP contribution in [0.2, 0.25) is 5.02 Å². The minimum absolute atomic E-state index is 0.191. The van der Waals surface area contributed by atoms with Gasteiger partial charge in [0.1, 0.15) is 17.0 Å². The third-order valence-corrected chi connectivity index (χ3v) is 3.68. The fraction of sp³-hybridized carbons (Fsp3) is 0.286. The number of aliphatic hydroxyl groups excluding tert-OH is 1. The standard InChI is InChI=1S/C14H13ClN2O3/c1-8-12(14(19)17-6-9(18)7-17)13(16-20-8)10-4-2-3-5-11(10)15/h2-5,9,18H,6-7H2,1H3. The van der Waals surface area contributed by atoms with Crippen LogP contribution in [0.5, 0.6) is 0 Å². The number of aliphatic hydroxyl groups is 1. The van der Waals surface area contributed by atoms with E-state index in [0.717, 1.165) is 0 Å². The van der Waals surface area contributed by atoms with Crippen LogP contribution < -0.4 is 0 Å². The average molecular weight is 293 g/mol. The Hall–Kier alpha value is -1.85. The number of aromatic nitrogens is 1. The molecule has 6 heteroatoms. The number of benzene rings is 1. The molecule has 0 unspecified atom stereocenters. The molecule has 0 atom stereocenters. The Morgan fingerprint density at radius 2 is 2.15 bits per heavy atom. The second-order valence-electron chi connectivity index (χ2n) is 4.81. The van der Waals surface area contributed by atoms with Crippen LogP contribution >= 0.6 is 11.6 Å². The normalized spacial score (nSPS) is 15.2. The van der Waals surface area contributed by atoms with Gasteiger partial charge >= 0.3 is 0 Å². The highest BCUT2D eigenvalue weighted by atomic mass is 35.5. The summed E-state index contributed by atoms with van der Waals surface area (Å²) in [6.45, 7) is 2.37. The number of rotatable bonds is 2. The van der Waals surface area contributed by atoms with Gasteiger partial charge in [-0.2, -0.15) is 0 Å². The van der Waals surface area contributed by atoms with E-state index in [1.165, 1.54) is 0 Å². The molecular formula is C14H13ClN2O3. The van der Waals surface area contributed by atoms with Gasteiger partial charge in [0, 0.05) is 18.7 Å². The SMILES string of the molecule is Cc1onc(-c2ccccc2Cl)c1C(=O)N1CC(O)C1. The summed E-state index contributed by atoms with van der Waals surface area (Å²) in [4.78, 5) is 14.0. The number of hydrogen-bond acceptors (Lipinski definition) is 4. The Morgan fingerprint density at radius 3 is 2.80 bits per heavy atom. The van der Waals surface area contributed by atoms with Gasteiger partial charge in [0.15, 0.2) is 0 Å². The first-order valence-corrected chi connectivity index (χ1v) is 6.64. The van der Waals surface area contributed by atoms with E-state index in [0.29, 0.717) is 40.7 Å². The summed E-state index contributed by atoms with van der Waals surface area (Å²) >= 11 is 6.15. The number of hydrogen-bond donors (Lipinski definition) is 1. The molecule has 3 rings (SSSR count). The number of carbonyl (C=O) groups excluding carboxylic acids is 1. The summed E-state index contributed by atoms with van der Waals surface area (Å²) in [7, 11) is 0. The van der Waals surface area contributed by atoms with Crippen LogP contribution in [0.3, 0.4) is 0 Å². The van der Waals surface area contributed by atoms with Crippen LogP contribution in [0, 0.1) is 6.92 Å². The van der Waals surface area contributed by atoms with Crippen LogP contribution in [-0.2, 0) is 0 Å². The molecule has 0 aliphatic carbocycles. The molecule has 0 radical (unpaired) electrons. The summed E-state index contributed by atoms with van der Waals surface area (Å²) in [5.74, 6) is 0.260. The predicted octanol–water partition coefficient (Wildman–Crippen LogP) is 2.12. The van der Waals surface area contributed by atoms with E-state index >= 15 is 0 Å². The number of β-amino-alcohol motifs (C(OH)–C–C–N with tert-alkyl or cyclic N) is 1. The minimum atomic E-state index is -0.442. The van der Waals surface area contributed by atoms with Crippen LogP contribution in [0.1, 0.15) is 16.1 Å². The molecule has 1 aliphatic rings. The highest BCUT2D eigenvalue weighted by molar-refractivity contribution is 6.33. The van der Waals surface area contributed by atoms with E-state index in [-0.39, 0.29) is 5.91 Å². The Labute approximate surface area is 120 Å². The van der Waals surface area contributed by atoms with E-state index in [4.69, 9.17) is 16.1 Å². The molecular weight excluding hydrogens is 280 g/mol. The summed E-state index contributed by atoms with van der Waals surface area (Å²) < 4.78 is 5.15. The van der Waals surface area contributed by atoms with Crippen LogP contribution in [0.15, 0.2) is 28.8 Å². The Balaban J connectivity index is 2.02. The molecule has 1 aromatic heterocycles. The summed E-state index contributed by atoms with van der Waals surface area (Å²) in [6, 6.07) is 7.17. The lowest BCUT2D eigenvalue weighted by Crippen LogP contribution is -2.53. The van der Waals surface area contributed by atoms with Gasteiger partial charge in [-0.3, -0.25) is 4.79 Å². The number of nitrogens with zero attached hydrogens (tertiary/aromatic N) is 2. The topological polar surface area (TPSA) is 66.6 Å². The molecule has 20 heavy (non-hydrogen) atoms. The van der Waals surface area contributed by atoms with Gasteiger partial charge in [-0.25, -0.2) is 0 Å². The first kappa shape index (κ1) is 13.1. The zero-order chi connectivity index (χ0) is 14.3. The molecule has 1 fully saturated rings. The number of aryl methyl sites for hydroxylation is 1. The molecule has 1 N–H and O–H groups in total. The third-order valence-electron chi connectivity index (χ3n) is 3.36. The molecule has 2 aromatic rings. The highest BCUT2D eigenvalue weighted by Gasteiger charge is 2.33. The molecule has 0 bridgehead atoms. The van der Waals surface area contributed by atoms with Crippen molar-refractivity contribution in [3.63, 3.8) is 0 Å². The van der Waals surface area contributed by atoms with E-state index in [2.05, 4.69) is 5.16 Å². The van der Waals surface area contributed by atoms with Crippen LogP contribution in [0.25, 0.3) is 11.3 Å². The first-order valence-electron chi connectivity index (χ1n) is 6.26. The number of halogens is 1. The molecule has 5 nitrogen and oxygen atoms in total. The molecule has 1 saturated heterocycles. The van der Waals surface area contributed by atoms with Crippen molar-refractivity contribution < 1.29 is 14.4 Å². The van der Waals surface area contributed by atoms with Crippen molar-refractivity contribution in [2.75, 3.05) is 13.1 Å². The zero-order valence-corrected chi connectivity index (χ0v) is 11.6. The second kappa shape index (κ2) is 4.92. The van der Waals surface area contributed by atoms with Gasteiger partial charge in [-0.05, 0) is 13.0 Å². The Kier molecular flexibility index (Phi) is 3.23. The van der Waals surface area contributed by atoms with Gasteiger partial charge < -0.3 is 14.5 Å². The maximum absolute atomic E-state index is 12.4. The Bertz CT molecular complexity index is 662. The molecule has 1 aromatic carbocycles. The van der Waals surface area contributed by atoms with E-state index in [1.807, 2.05) is 12.1 Å². The average Bonchev–Trinajstić information content (AvgIpc) is 2.77. The number of likely N-dealkylation sites (tertiary alicyclic amines) is 1. The molecule has 1 amide bonds. The third kappa shape index (κ3) is 2.09. The van der Waals surface area contributed by atoms with Crippen LogP contribution in [-0.4, -0.2) is 40.3 Å². The van der Waals surface area contributed by atoms with Gasteiger partial charge in [0.05, 0.1) is 11.1 Å². The largest absolute Gasteiger partial charge is 0.389 e. The quantitative estimate of drug-likeness (QED) is 0.921. The van der Waals surface area contributed by atoms with Crippen molar-refractivity contribution >= 4 is 17.5 Å². The van der Waals surface area contributed by atoms with Crippen molar-refractivity contribution in [2.24, 2.45) is 0 Å². The number of amides is 1. The maximum Gasteiger partial charge on any atom is 0.259 e. The van der Waals surface area contributed by atoms with Crippen molar-refractivity contribution in [3.05, 3.63) is 40.6 Å². The first-order chi connectivity index (χ1) is 9.58. The number of carbonyl (C=O) groups is 1. The molecule has 2 heterocycles. The smallest absolute Gasteiger partial charge is 0.259 e. The predicted molar refractivity (Wildman–Crippen MR) is 73.6 cm³/mol. The van der Waals surface area contributed by atoms with Gasteiger partial charge in [-0.1, -0.05) is 35.0 Å².